The van der Waals surface area contributed by atoms with Gasteiger partial charge in [-0.15, -0.1) is 0 Å². The molecule has 3 aromatic rings. The predicted molar refractivity (Wildman–Crippen MR) is 81.3 cm³/mol. The van der Waals surface area contributed by atoms with Gasteiger partial charge < -0.3 is 14.9 Å². The summed E-state index contributed by atoms with van der Waals surface area (Å²) in [5.74, 6) is -0.984. The Morgan fingerprint density at radius 2 is 2.05 bits per heavy atom. The Balaban J connectivity index is 1.79. The molecule has 0 atom stereocenters. The SMILES string of the molecule is O=C(NCCn1cccc1)c1c[nH]c2ccc(F)cc2c1=O. The van der Waals surface area contributed by atoms with Crippen molar-refractivity contribution in [2.75, 3.05) is 6.54 Å². The fourth-order valence-electron chi connectivity index (χ4n) is 2.27. The fraction of sp³-hybridized carbons (Fsp3) is 0.125. The quantitative estimate of drug-likeness (QED) is 0.772. The Morgan fingerprint density at radius 1 is 1.27 bits per heavy atom. The van der Waals surface area contributed by atoms with E-state index < -0.39 is 17.2 Å². The van der Waals surface area contributed by atoms with Crippen LogP contribution in [0.5, 0.6) is 0 Å². The molecule has 0 saturated carbocycles. The van der Waals surface area contributed by atoms with Crippen molar-refractivity contribution in [3.63, 3.8) is 0 Å². The number of rotatable bonds is 4. The third kappa shape index (κ3) is 2.76. The maximum atomic E-state index is 13.3. The van der Waals surface area contributed by atoms with Gasteiger partial charge in [0.25, 0.3) is 5.91 Å². The van der Waals surface area contributed by atoms with E-state index in [0.29, 0.717) is 18.6 Å². The first-order chi connectivity index (χ1) is 10.6. The second-order valence-electron chi connectivity index (χ2n) is 4.90. The highest BCUT2D eigenvalue weighted by molar-refractivity contribution is 5.97. The first-order valence-corrected chi connectivity index (χ1v) is 6.85. The molecule has 2 N–H and O–H groups in total. The number of aromatic nitrogens is 2. The summed E-state index contributed by atoms with van der Waals surface area (Å²) in [5.41, 5.74) is -0.00684. The van der Waals surface area contributed by atoms with Gasteiger partial charge in [-0.25, -0.2) is 4.39 Å². The molecule has 5 nitrogen and oxygen atoms in total. The number of H-pyrrole nitrogens is 1. The van der Waals surface area contributed by atoms with Crippen molar-refractivity contribution in [3.8, 4) is 0 Å². The highest BCUT2D eigenvalue weighted by Crippen LogP contribution is 2.10. The van der Waals surface area contributed by atoms with Crippen molar-refractivity contribution in [1.29, 1.82) is 0 Å². The lowest BCUT2D eigenvalue weighted by Gasteiger charge is -2.07. The van der Waals surface area contributed by atoms with Gasteiger partial charge >= 0.3 is 0 Å². The monoisotopic (exact) mass is 299 g/mol. The van der Waals surface area contributed by atoms with E-state index in [-0.39, 0.29) is 10.9 Å². The maximum absolute atomic E-state index is 13.3. The van der Waals surface area contributed by atoms with Crippen molar-refractivity contribution < 1.29 is 9.18 Å². The molecule has 3 rings (SSSR count). The highest BCUT2D eigenvalue weighted by atomic mass is 19.1. The lowest BCUT2D eigenvalue weighted by molar-refractivity contribution is 0.0951. The number of carbonyl (C=O) groups is 1. The smallest absolute Gasteiger partial charge is 0.256 e. The molecule has 22 heavy (non-hydrogen) atoms. The number of nitrogens with zero attached hydrogens (tertiary/aromatic N) is 1. The van der Waals surface area contributed by atoms with Gasteiger partial charge in [-0.05, 0) is 30.3 Å². The average Bonchev–Trinajstić information content (AvgIpc) is 3.01. The van der Waals surface area contributed by atoms with E-state index in [1.807, 2.05) is 29.1 Å². The van der Waals surface area contributed by atoms with Gasteiger partial charge in [-0.3, -0.25) is 9.59 Å². The van der Waals surface area contributed by atoms with E-state index in [2.05, 4.69) is 10.3 Å². The second kappa shape index (κ2) is 5.85. The Morgan fingerprint density at radius 3 is 2.82 bits per heavy atom. The van der Waals surface area contributed by atoms with E-state index in [1.165, 1.54) is 18.3 Å². The summed E-state index contributed by atoms with van der Waals surface area (Å²) in [6.07, 6.45) is 5.13. The average molecular weight is 299 g/mol. The fourth-order valence-corrected chi connectivity index (χ4v) is 2.27. The number of carbonyl (C=O) groups excluding carboxylic acids is 1. The molecular formula is C16H14FN3O2. The zero-order chi connectivity index (χ0) is 15.5. The number of amides is 1. The number of aromatic amines is 1. The molecule has 0 radical (unpaired) electrons. The molecule has 0 aliphatic heterocycles. The minimum Gasteiger partial charge on any atom is -0.360 e. The molecular weight excluding hydrogens is 285 g/mol. The van der Waals surface area contributed by atoms with E-state index in [4.69, 9.17) is 0 Å². The van der Waals surface area contributed by atoms with Crippen LogP contribution in [0.15, 0.2) is 53.7 Å². The molecule has 1 amide bonds. The zero-order valence-electron chi connectivity index (χ0n) is 11.7. The second-order valence-corrected chi connectivity index (χ2v) is 4.90. The third-order valence-electron chi connectivity index (χ3n) is 3.41. The zero-order valence-corrected chi connectivity index (χ0v) is 11.7. The van der Waals surface area contributed by atoms with Crippen LogP contribution in [0.3, 0.4) is 0 Å². The number of benzene rings is 1. The maximum Gasteiger partial charge on any atom is 0.256 e. The van der Waals surface area contributed by atoms with Gasteiger partial charge in [0, 0.05) is 42.6 Å². The number of halogens is 1. The standard InChI is InChI=1S/C16H14FN3O2/c17-11-3-4-14-12(9-11)15(21)13(10-19-14)16(22)18-5-8-20-6-1-2-7-20/h1-4,6-7,9-10H,5,8H2,(H,18,22)(H,19,21). The van der Waals surface area contributed by atoms with Crippen molar-refractivity contribution in [1.82, 2.24) is 14.9 Å². The molecule has 0 spiro atoms. The number of fused-ring (bicyclic) bond motifs is 1. The highest BCUT2D eigenvalue weighted by Gasteiger charge is 2.12. The summed E-state index contributed by atoms with van der Waals surface area (Å²) in [5, 5.41) is 2.85. The van der Waals surface area contributed by atoms with Gasteiger partial charge in [0.1, 0.15) is 11.4 Å². The van der Waals surface area contributed by atoms with Crippen molar-refractivity contribution in [3.05, 3.63) is 70.5 Å². The number of pyridine rings is 1. The normalized spacial score (nSPS) is 10.8. The van der Waals surface area contributed by atoms with Gasteiger partial charge in [-0.2, -0.15) is 0 Å². The molecule has 2 aromatic heterocycles. The van der Waals surface area contributed by atoms with Crippen LogP contribution in [-0.4, -0.2) is 22.0 Å². The summed E-state index contributed by atoms with van der Waals surface area (Å²) in [7, 11) is 0. The first kappa shape index (κ1) is 14.1. The number of hydrogen-bond acceptors (Lipinski definition) is 2. The molecule has 2 heterocycles. The predicted octanol–water partition coefficient (Wildman–Crippen LogP) is 1.90. The van der Waals surface area contributed by atoms with E-state index in [9.17, 15) is 14.0 Å². The van der Waals surface area contributed by atoms with Gasteiger partial charge in [0.05, 0.1) is 0 Å². The molecule has 1 aromatic carbocycles. The molecule has 0 aliphatic carbocycles. The lowest BCUT2D eigenvalue weighted by atomic mass is 10.1. The minimum absolute atomic E-state index is 0.0226. The van der Waals surface area contributed by atoms with Crippen molar-refractivity contribution in [2.45, 2.75) is 6.54 Å². The van der Waals surface area contributed by atoms with E-state index >= 15 is 0 Å². The Hall–Kier alpha value is -2.89. The van der Waals surface area contributed by atoms with Crippen molar-refractivity contribution in [2.24, 2.45) is 0 Å². The number of hydrogen-bond donors (Lipinski definition) is 2. The minimum atomic E-state index is -0.511. The topological polar surface area (TPSA) is 66.9 Å². The van der Waals surface area contributed by atoms with Crippen LogP contribution in [0, 0.1) is 5.82 Å². The molecule has 6 heteroatoms. The van der Waals surface area contributed by atoms with E-state index in [1.54, 1.807) is 0 Å². The first-order valence-electron chi connectivity index (χ1n) is 6.85. The van der Waals surface area contributed by atoms with Crippen LogP contribution in [0.1, 0.15) is 10.4 Å². The van der Waals surface area contributed by atoms with Crippen LogP contribution >= 0.6 is 0 Å². The molecule has 0 unspecified atom stereocenters. The van der Waals surface area contributed by atoms with Crippen LogP contribution in [0.25, 0.3) is 10.9 Å². The number of nitrogens with one attached hydrogen (secondary N) is 2. The van der Waals surface area contributed by atoms with Gasteiger partial charge in [0.2, 0.25) is 5.43 Å². The third-order valence-corrected chi connectivity index (χ3v) is 3.41. The van der Waals surface area contributed by atoms with Crippen LogP contribution in [0.4, 0.5) is 4.39 Å². The van der Waals surface area contributed by atoms with Crippen LogP contribution < -0.4 is 10.7 Å². The Kier molecular flexibility index (Phi) is 3.74. The Labute approximate surface area is 125 Å². The summed E-state index contributed by atoms with van der Waals surface area (Å²) in [6, 6.07) is 7.65. The summed E-state index contributed by atoms with van der Waals surface area (Å²) < 4.78 is 15.2. The molecule has 0 aliphatic rings. The van der Waals surface area contributed by atoms with Crippen LogP contribution in [0.2, 0.25) is 0 Å². The largest absolute Gasteiger partial charge is 0.360 e. The summed E-state index contributed by atoms with van der Waals surface area (Å²) in [6.45, 7) is 1.01. The molecule has 0 bridgehead atoms. The Bertz CT molecular complexity index is 869. The summed E-state index contributed by atoms with van der Waals surface area (Å²) in [4.78, 5) is 27.2. The van der Waals surface area contributed by atoms with E-state index in [0.717, 1.165) is 6.07 Å². The van der Waals surface area contributed by atoms with Crippen LogP contribution in [-0.2, 0) is 6.54 Å². The molecule has 0 saturated heterocycles. The van der Waals surface area contributed by atoms with Gasteiger partial charge in [0.15, 0.2) is 0 Å². The molecule has 0 fully saturated rings. The molecule has 112 valence electrons. The van der Waals surface area contributed by atoms with Gasteiger partial charge in [-0.1, -0.05) is 0 Å². The van der Waals surface area contributed by atoms with Crippen molar-refractivity contribution >= 4 is 16.8 Å². The summed E-state index contributed by atoms with van der Waals surface area (Å²) >= 11 is 0. The lowest BCUT2D eigenvalue weighted by Crippen LogP contribution is -2.31.